The van der Waals surface area contributed by atoms with E-state index in [1.54, 1.807) is 43.1 Å². The van der Waals surface area contributed by atoms with Crippen LogP contribution in [0.25, 0.3) is 0 Å². The van der Waals surface area contributed by atoms with E-state index in [1.807, 2.05) is 19.1 Å². The maximum atomic E-state index is 12.5. The van der Waals surface area contributed by atoms with E-state index in [1.165, 1.54) is 0 Å². The molecule has 0 aliphatic heterocycles. The molecule has 0 spiro atoms. The van der Waals surface area contributed by atoms with Crippen LogP contribution in [0.3, 0.4) is 0 Å². The molecule has 1 aromatic heterocycles. The van der Waals surface area contributed by atoms with Crippen molar-refractivity contribution in [3.63, 3.8) is 0 Å². The highest BCUT2D eigenvalue weighted by atomic mass is 35.5. The summed E-state index contributed by atoms with van der Waals surface area (Å²) in [5.74, 6) is 1.92. The molecule has 0 saturated carbocycles. The van der Waals surface area contributed by atoms with E-state index >= 15 is 0 Å². The molecule has 1 atom stereocenters. The van der Waals surface area contributed by atoms with Crippen LogP contribution in [0.4, 0.5) is 5.69 Å². The number of anilines is 1. The Balaban J connectivity index is 1.96. The Kier molecular flexibility index (Phi) is 7.64. The first-order valence-corrected chi connectivity index (χ1v) is 11.7. The zero-order valence-electron chi connectivity index (χ0n) is 15.4. The molecule has 2 aromatic rings. The molecule has 0 bridgehead atoms. The summed E-state index contributed by atoms with van der Waals surface area (Å²) in [5, 5.41) is 3.23. The van der Waals surface area contributed by atoms with E-state index in [0.29, 0.717) is 23.0 Å². The molecule has 1 aromatic carbocycles. The van der Waals surface area contributed by atoms with Crippen LogP contribution in [0.1, 0.15) is 18.2 Å². The number of benzene rings is 1. The van der Waals surface area contributed by atoms with Gasteiger partial charge in [0.25, 0.3) is 0 Å². The predicted octanol–water partition coefficient (Wildman–Crippen LogP) is 3.45. The van der Waals surface area contributed by atoms with Crippen molar-refractivity contribution in [2.45, 2.75) is 25.6 Å². The highest BCUT2D eigenvalue weighted by Gasteiger charge is 2.29. The lowest BCUT2D eigenvalue weighted by Crippen LogP contribution is -2.48. The summed E-state index contributed by atoms with van der Waals surface area (Å²) in [6, 6.07) is 7.76. The fraction of sp³-hybridized carbons (Fsp3) is 0.389. The van der Waals surface area contributed by atoms with Crippen molar-refractivity contribution in [1.29, 1.82) is 0 Å². The van der Waals surface area contributed by atoms with E-state index in [0.717, 1.165) is 27.6 Å². The van der Waals surface area contributed by atoms with Gasteiger partial charge in [-0.2, -0.15) is 11.8 Å². The molecule has 1 amide bonds. The maximum absolute atomic E-state index is 12.5. The Morgan fingerprint density at radius 2 is 2.11 bits per heavy atom. The fourth-order valence-corrected chi connectivity index (χ4v) is 4.59. The van der Waals surface area contributed by atoms with Gasteiger partial charge < -0.3 is 9.73 Å². The summed E-state index contributed by atoms with van der Waals surface area (Å²) in [6.07, 6.45) is 2.69. The van der Waals surface area contributed by atoms with Crippen molar-refractivity contribution in [3.05, 3.63) is 52.9 Å². The van der Waals surface area contributed by atoms with Crippen LogP contribution in [0.5, 0.6) is 0 Å². The third-order valence-corrected chi connectivity index (χ3v) is 6.50. The lowest BCUT2D eigenvalue weighted by molar-refractivity contribution is -0.121. The zero-order chi connectivity index (χ0) is 20.0. The van der Waals surface area contributed by atoms with Gasteiger partial charge in [0.2, 0.25) is 15.9 Å². The van der Waals surface area contributed by atoms with Crippen LogP contribution in [-0.2, 0) is 20.6 Å². The van der Waals surface area contributed by atoms with Crippen molar-refractivity contribution in [2.24, 2.45) is 0 Å². The third-order valence-electron chi connectivity index (χ3n) is 3.87. The fourth-order valence-electron chi connectivity index (χ4n) is 2.49. The quantitative estimate of drug-likeness (QED) is 0.616. The van der Waals surface area contributed by atoms with Gasteiger partial charge in [0.05, 0.1) is 24.0 Å². The van der Waals surface area contributed by atoms with Gasteiger partial charge in [-0.25, -0.2) is 8.42 Å². The van der Waals surface area contributed by atoms with Gasteiger partial charge in [-0.3, -0.25) is 9.10 Å². The summed E-state index contributed by atoms with van der Waals surface area (Å²) < 4.78 is 30.9. The first-order valence-electron chi connectivity index (χ1n) is 8.33. The molecule has 0 aliphatic rings. The molecule has 2 rings (SSSR count). The minimum absolute atomic E-state index is 0.364. The van der Waals surface area contributed by atoms with Crippen LogP contribution in [0, 0.1) is 6.92 Å². The SMILES string of the molecule is Cc1ccc(N(C(C)C(=O)NCCSCc2ccco2)S(C)(=O)=O)cc1Cl. The molecule has 27 heavy (non-hydrogen) atoms. The Bertz CT molecular complexity index is 869. The molecular formula is C18H23ClN2O4S2. The summed E-state index contributed by atoms with van der Waals surface area (Å²) in [4.78, 5) is 12.5. The first-order chi connectivity index (χ1) is 12.7. The lowest BCUT2D eigenvalue weighted by Gasteiger charge is -2.28. The number of carbonyl (C=O) groups excluding carboxylic acids is 1. The van der Waals surface area contributed by atoms with Crippen molar-refractivity contribution >= 4 is 45.0 Å². The minimum Gasteiger partial charge on any atom is -0.468 e. The smallest absolute Gasteiger partial charge is 0.243 e. The second kappa shape index (κ2) is 9.52. The van der Waals surface area contributed by atoms with Gasteiger partial charge in [-0.1, -0.05) is 17.7 Å². The number of sulfonamides is 1. The number of carbonyl (C=O) groups is 1. The number of hydrogen-bond acceptors (Lipinski definition) is 5. The van der Waals surface area contributed by atoms with Gasteiger partial charge in [0.1, 0.15) is 11.8 Å². The van der Waals surface area contributed by atoms with Crippen molar-refractivity contribution in [2.75, 3.05) is 22.9 Å². The topological polar surface area (TPSA) is 79.6 Å². The van der Waals surface area contributed by atoms with Crippen LogP contribution < -0.4 is 9.62 Å². The van der Waals surface area contributed by atoms with Crippen LogP contribution >= 0.6 is 23.4 Å². The number of nitrogens with zero attached hydrogens (tertiary/aromatic N) is 1. The van der Waals surface area contributed by atoms with Gasteiger partial charge in [0.15, 0.2) is 0 Å². The number of hydrogen-bond donors (Lipinski definition) is 1. The summed E-state index contributed by atoms with van der Waals surface area (Å²) in [7, 11) is -3.66. The van der Waals surface area contributed by atoms with Crippen molar-refractivity contribution < 1.29 is 17.6 Å². The standard InChI is InChI=1S/C18H23ClN2O4S2/c1-13-6-7-15(11-17(13)19)21(27(3,23)24)14(2)18(22)20-8-10-26-12-16-5-4-9-25-16/h4-7,9,11,14H,8,10,12H2,1-3H3,(H,20,22). The van der Waals surface area contributed by atoms with E-state index in [2.05, 4.69) is 5.32 Å². The first kappa shape index (κ1) is 21.7. The summed E-state index contributed by atoms with van der Waals surface area (Å²) in [6.45, 7) is 3.81. The van der Waals surface area contributed by atoms with Gasteiger partial charge in [-0.05, 0) is 43.7 Å². The van der Waals surface area contributed by atoms with Crippen molar-refractivity contribution in [1.82, 2.24) is 5.32 Å². The normalized spacial score (nSPS) is 12.6. The monoisotopic (exact) mass is 430 g/mol. The molecule has 1 unspecified atom stereocenters. The van der Waals surface area contributed by atoms with Gasteiger partial charge in [-0.15, -0.1) is 0 Å². The number of halogens is 1. The number of furan rings is 1. The van der Waals surface area contributed by atoms with Gasteiger partial charge >= 0.3 is 0 Å². The van der Waals surface area contributed by atoms with Crippen LogP contribution in [0.15, 0.2) is 41.0 Å². The molecule has 9 heteroatoms. The molecule has 1 heterocycles. The lowest BCUT2D eigenvalue weighted by atomic mass is 10.2. The van der Waals surface area contributed by atoms with Crippen LogP contribution in [-0.4, -0.2) is 38.9 Å². The number of aryl methyl sites for hydroxylation is 1. The minimum atomic E-state index is -3.66. The van der Waals surface area contributed by atoms with E-state index in [4.69, 9.17) is 16.0 Å². The molecule has 1 N–H and O–H groups in total. The third kappa shape index (κ3) is 6.19. The second-order valence-electron chi connectivity index (χ2n) is 6.09. The molecule has 0 aliphatic carbocycles. The average Bonchev–Trinajstić information content (AvgIpc) is 3.10. The maximum Gasteiger partial charge on any atom is 0.243 e. The Hall–Kier alpha value is -1.64. The van der Waals surface area contributed by atoms with E-state index in [9.17, 15) is 13.2 Å². The molecule has 0 fully saturated rings. The number of rotatable bonds is 9. The van der Waals surface area contributed by atoms with E-state index < -0.39 is 16.1 Å². The molecule has 148 valence electrons. The Morgan fingerprint density at radius 1 is 1.37 bits per heavy atom. The highest BCUT2D eigenvalue weighted by Crippen LogP contribution is 2.26. The van der Waals surface area contributed by atoms with Gasteiger partial charge in [0, 0.05) is 17.3 Å². The number of thioether (sulfide) groups is 1. The molecule has 0 radical (unpaired) electrons. The van der Waals surface area contributed by atoms with E-state index in [-0.39, 0.29) is 5.91 Å². The number of amides is 1. The Labute approximate surface area is 169 Å². The predicted molar refractivity (Wildman–Crippen MR) is 111 cm³/mol. The zero-order valence-corrected chi connectivity index (χ0v) is 17.8. The Morgan fingerprint density at radius 3 is 2.70 bits per heavy atom. The van der Waals surface area contributed by atoms with Crippen molar-refractivity contribution in [3.8, 4) is 0 Å². The van der Waals surface area contributed by atoms with Crippen LogP contribution in [0.2, 0.25) is 5.02 Å². The summed E-state index contributed by atoms with van der Waals surface area (Å²) in [5.41, 5.74) is 1.20. The highest BCUT2D eigenvalue weighted by molar-refractivity contribution is 7.98. The molecule has 0 saturated heterocycles. The largest absolute Gasteiger partial charge is 0.468 e. The summed E-state index contributed by atoms with van der Waals surface area (Å²) >= 11 is 7.74. The molecule has 6 nitrogen and oxygen atoms in total. The average molecular weight is 431 g/mol. The number of nitrogens with one attached hydrogen (secondary N) is 1. The second-order valence-corrected chi connectivity index (χ2v) is 9.46. The molecular weight excluding hydrogens is 408 g/mol.